The summed E-state index contributed by atoms with van der Waals surface area (Å²) in [7, 11) is 4.52. The van der Waals surface area contributed by atoms with Crippen LogP contribution in [-0.2, 0) is 39.7 Å². The van der Waals surface area contributed by atoms with Gasteiger partial charge in [-0.3, -0.25) is 9.59 Å². The zero-order valence-electron chi connectivity index (χ0n) is 45.2. The average Bonchev–Trinajstić information content (AvgIpc) is 3.32. The van der Waals surface area contributed by atoms with E-state index in [1.807, 2.05) is 39.8 Å². The predicted molar refractivity (Wildman–Crippen MR) is 281 cm³/mol. The molecule has 0 spiro atoms. The minimum atomic E-state index is -1.08. The van der Waals surface area contributed by atoms with Gasteiger partial charge < -0.3 is 61.1 Å². The first-order valence-electron chi connectivity index (χ1n) is 25.3. The highest BCUT2D eigenvalue weighted by Crippen LogP contribution is 2.32. The quantitative estimate of drug-likeness (QED) is 0.139. The van der Waals surface area contributed by atoms with E-state index in [1.165, 1.54) is 44.6 Å². The number of nitrogens with two attached hydrogens (primary N) is 2. The standard InChI is InChI=1S/C28H41FN2O7.C28H41FN2O5/c1-15-8-7-9-22(36-5)26(38-28(30)35)18(4)10-16(2)25(33)23(37-6)11-17(3)24(32)19-12-20(29)14-21(13-19)31-27(15)34;1-16-10-21-13-22(29)15-23(14-21)31-27(33)18(3)9-7-8-17(2)26(36-28(30)34)20(5)12-19(4)25(32)24(11-16)35-6/h8,10,12-14,16-17,22-26,32-33H,7,9,11H2,1-6H3,(H2,30,35)(H,31,34);9,12-17,19,24-26,32H,7-8,10-11H2,1-6H3,(H2,30,34)(H,31,33)/b15-8+,18-10+;18-9+,20-12+/t16-,17-,22-,23-,24+,25+,26-;16-,17+,19+,24+,25-,26-/m01/s1. The van der Waals surface area contributed by atoms with Gasteiger partial charge in [-0.1, -0.05) is 58.9 Å². The fourth-order valence-corrected chi connectivity index (χ4v) is 9.63. The van der Waals surface area contributed by atoms with Crippen molar-refractivity contribution in [2.24, 2.45) is 41.1 Å². The molecule has 2 heterocycles. The van der Waals surface area contributed by atoms with Gasteiger partial charge in [0.15, 0.2) is 6.10 Å². The minimum absolute atomic E-state index is 0.0712. The van der Waals surface area contributed by atoms with Gasteiger partial charge >= 0.3 is 12.2 Å². The number of ether oxygens (including phenoxy) is 5. The molecule has 0 unspecified atom stereocenters. The Morgan fingerprint density at radius 3 is 1.58 bits per heavy atom. The largest absolute Gasteiger partial charge is 0.442 e. The Hall–Kier alpha value is -5.50. The highest BCUT2D eigenvalue weighted by atomic mass is 19.1. The van der Waals surface area contributed by atoms with Crippen LogP contribution >= 0.6 is 0 Å². The van der Waals surface area contributed by atoms with Gasteiger partial charge in [-0.2, -0.15) is 0 Å². The van der Waals surface area contributed by atoms with Gasteiger partial charge in [0.2, 0.25) is 0 Å². The number of aliphatic hydroxyl groups excluding tert-OH is 3. The van der Waals surface area contributed by atoms with Gasteiger partial charge in [0.1, 0.15) is 17.7 Å². The number of nitrogens with one attached hydrogen (secondary N) is 2. The zero-order chi connectivity index (χ0) is 55.6. The van der Waals surface area contributed by atoms with E-state index in [0.717, 1.165) is 11.1 Å². The van der Waals surface area contributed by atoms with E-state index in [4.69, 9.17) is 35.2 Å². The zero-order valence-corrected chi connectivity index (χ0v) is 45.2. The molecule has 16 nitrogen and oxygen atoms in total. The number of aliphatic hydroxyl groups is 3. The molecular formula is C56H82F2N4O12. The maximum atomic E-state index is 14.4. The summed E-state index contributed by atoms with van der Waals surface area (Å²) in [6.07, 6.45) is 2.85. The molecule has 18 heteroatoms. The molecule has 412 valence electrons. The number of rotatable bonds is 5. The van der Waals surface area contributed by atoms with Crippen LogP contribution in [0.1, 0.15) is 118 Å². The number of halogens is 2. The monoisotopic (exact) mass is 1040 g/mol. The topological polar surface area (TPSA) is 251 Å². The molecule has 4 rings (SSSR count). The molecule has 4 bridgehead atoms. The molecule has 2 aromatic rings. The Morgan fingerprint density at radius 1 is 0.608 bits per heavy atom. The van der Waals surface area contributed by atoms with E-state index < -0.39 is 90.4 Å². The van der Waals surface area contributed by atoms with Crippen molar-refractivity contribution < 1.29 is 67.0 Å². The molecule has 4 amide bonds. The minimum Gasteiger partial charge on any atom is -0.442 e. The number of primary amides is 2. The first kappa shape index (κ1) is 62.8. The third-order valence-electron chi connectivity index (χ3n) is 13.8. The Morgan fingerprint density at radius 2 is 1.07 bits per heavy atom. The smallest absolute Gasteiger partial charge is 0.405 e. The number of fused-ring (bicyclic) bond motifs is 4. The molecule has 0 saturated carbocycles. The summed E-state index contributed by atoms with van der Waals surface area (Å²) in [5.74, 6) is -2.89. The second-order valence-corrected chi connectivity index (χ2v) is 20.2. The van der Waals surface area contributed by atoms with Crippen LogP contribution in [0.2, 0.25) is 0 Å². The van der Waals surface area contributed by atoms with Crippen LogP contribution in [0.15, 0.2) is 83.0 Å². The lowest BCUT2D eigenvalue weighted by atomic mass is 9.86. The Labute approximate surface area is 435 Å². The maximum absolute atomic E-state index is 14.4. The van der Waals surface area contributed by atoms with Gasteiger partial charge in [-0.15, -0.1) is 0 Å². The summed E-state index contributed by atoms with van der Waals surface area (Å²) in [6.45, 7) is 16.4. The normalized spacial score (nSPS) is 32.4. The van der Waals surface area contributed by atoms with E-state index >= 15 is 0 Å². The molecule has 2 aromatic carbocycles. The second kappa shape index (κ2) is 30.2. The van der Waals surface area contributed by atoms with E-state index in [1.54, 1.807) is 59.9 Å². The number of anilines is 2. The summed E-state index contributed by atoms with van der Waals surface area (Å²) in [5.41, 5.74) is 14.7. The van der Waals surface area contributed by atoms with Crippen LogP contribution in [-0.4, -0.2) is 103 Å². The third-order valence-corrected chi connectivity index (χ3v) is 13.8. The molecule has 74 heavy (non-hydrogen) atoms. The van der Waals surface area contributed by atoms with Crippen molar-refractivity contribution in [2.75, 3.05) is 32.0 Å². The Kier molecular flexibility index (Phi) is 25.6. The van der Waals surface area contributed by atoms with E-state index in [-0.39, 0.29) is 35.8 Å². The van der Waals surface area contributed by atoms with Crippen molar-refractivity contribution in [2.45, 2.75) is 156 Å². The molecule has 2 aliphatic rings. The van der Waals surface area contributed by atoms with Gasteiger partial charge in [-0.05, 0) is 149 Å². The maximum Gasteiger partial charge on any atom is 0.405 e. The van der Waals surface area contributed by atoms with Gasteiger partial charge in [0.25, 0.3) is 11.8 Å². The lowest BCUT2D eigenvalue weighted by molar-refractivity contribution is -0.113. The number of hydrogen-bond acceptors (Lipinski definition) is 12. The predicted octanol–water partition coefficient (Wildman–Crippen LogP) is 9.13. The number of methoxy groups -OCH3 is 3. The third kappa shape index (κ3) is 19.6. The van der Waals surface area contributed by atoms with Crippen molar-refractivity contribution in [3.8, 4) is 0 Å². The highest BCUT2D eigenvalue weighted by Gasteiger charge is 2.33. The Balaban J connectivity index is 0.000000391. The summed E-state index contributed by atoms with van der Waals surface area (Å²) < 4.78 is 56.3. The van der Waals surface area contributed by atoms with Crippen LogP contribution in [0.5, 0.6) is 0 Å². The van der Waals surface area contributed by atoms with Crippen molar-refractivity contribution in [3.05, 3.63) is 106 Å². The number of amides is 4. The molecule has 9 N–H and O–H groups in total. The SMILES string of the molecule is CO[C@H]1C[C@H](C)Cc2cc(F)cc(c2)NC(=O)/C(C)=C/CC[C@H](C)[C@@H](OC(N)=O)/C(C)=C/[C@H](C)[C@H]1O.CO[C@H]1C[C@H](C)[C@@H](O)c2cc(F)cc(c2)NC(=O)/C(C)=C/CC[C@H](OC)[C@@H](OC(N)=O)/C(C)=C/[C@H](C)[C@H]1O. The summed E-state index contributed by atoms with van der Waals surface area (Å²) in [5, 5.41) is 38.6. The van der Waals surface area contributed by atoms with Gasteiger partial charge in [0, 0.05) is 55.7 Å². The summed E-state index contributed by atoms with van der Waals surface area (Å²) in [4.78, 5) is 48.7. The number of allylic oxidation sites excluding steroid dienone is 2. The van der Waals surface area contributed by atoms with Crippen LogP contribution in [0.3, 0.4) is 0 Å². The lowest BCUT2D eigenvalue weighted by Gasteiger charge is -2.31. The number of benzene rings is 2. The molecule has 0 aliphatic carbocycles. The fourth-order valence-electron chi connectivity index (χ4n) is 9.63. The summed E-state index contributed by atoms with van der Waals surface area (Å²) >= 11 is 0. The number of hydrogen-bond donors (Lipinski definition) is 7. The van der Waals surface area contributed by atoms with E-state index in [0.29, 0.717) is 66.5 Å². The van der Waals surface area contributed by atoms with Crippen molar-refractivity contribution >= 4 is 35.4 Å². The van der Waals surface area contributed by atoms with Gasteiger partial charge in [-0.25, -0.2) is 18.4 Å². The average molecular weight is 1040 g/mol. The first-order chi connectivity index (χ1) is 34.8. The van der Waals surface area contributed by atoms with Crippen LogP contribution < -0.4 is 22.1 Å². The molecular weight excluding hydrogens is 959 g/mol. The van der Waals surface area contributed by atoms with Crippen LogP contribution in [0, 0.1) is 41.2 Å². The second-order valence-electron chi connectivity index (χ2n) is 20.2. The molecule has 2 aliphatic heterocycles. The van der Waals surface area contributed by atoms with E-state index in [9.17, 15) is 43.3 Å². The number of carbonyl (C=O) groups excluding carboxylic acids is 4. The molecule has 13 atom stereocenters. The lowest BCUT2D eigenvalue weighted by Crippen LogP contribution is -2.38. The van der Waals surface area contributed by atoms with Gasteiger partial charge in [0.05, 0.1) is 36.6 Å². The van der Waals surface area contributed by atoms with Crippen molar-refractivity contribution in [1.29, 1.82) is 0 Å². The van der Waals surface area contributed by atoms with E-state index in [2.05, 4.69) is 10.6 Å². The van der Waals surface area contributed by atoms with Crippen LogP contribution in [0.25, 0.3) is 0 Å². The first-order valence-corrected chi connectivity index (χ1v) is 25.3. The molecule has 0 fully saturated rings. The van der Waals surface area contributed by atoms with Crippen LogP contribution in [0.4, 0.5) is 29.7 Å². The molecule has 0 radical (unpaired) electrons. The highest BCUT2D eigenvalue weighted by molar-refractivity contribution is 6.03. The Bertz CT molecular complexity index is 2320. The van der Waals surface area contributed by atoms with Crippen molar-refractivity contribution in [1.82, 2.24) is 0 Å². The molecule has 0 saturated heterocycles. The fraction of sp³-hybridized carbons (Fsp3) is 0.571. The molecule has 0 aromatic heterocycles. The summed E-state index contributed by atoms with van der Waals surface area (Å²) in [6, 6.07) is 8.47. The number of carbonyl (C=O) groups is 4. The van der Waals surface area contributed by atoms with Crippen molar-refractivity contribution in [3.63, 3.8) is 0 Å².